The minimum atomic E-state index is -0.0261. The molecule has 16 heavy (non-hydrogen) atoms. The first-order valence-corrected chi connectivity index (χ1v) is 5.04. The van der Waals surface area contributed by atoms with Crippen LogP contribution in [0.15, 0.2) is 24.7 Å². The maximum atomic E-state index is 12.1. The van der Waals surface area contributed by atoms with Gasteiger partial charge < -0.3 is 0 Å². The summed E-state index contributed by atoms with van der Waals surface area (Å²) in [5.74, 6) is -0.0261. The zero-order valence-corrected chi connectivity index (χ0v) is 9.56. The third-order valence-corrected chi connectivity index (χ3v) is 2.62. The lowest BCUT2D eigenvalue weighted by atomic mass is 10.1. The van der Waals surface area contributed by atoms with Crippen molar-refractivity contribution in [2.75, 3.05) is 0 Å². The van der Waals surface area contributed by atoms with E-state index < -0.39 is 0 Å². The van der Waals surface area contributed by atoms with Gasteiger partial charge in [-0.3, -0.25) is 14.5 Å². The molecule has 2 aromatic rings. The van der Waals surface area contributed by atoms with Crippen LogP contribution in [0.1, 0.15) is 27.2 Å². The fourth-order valence-electron chi connectivity index (χ4n) is 1.56. The molecule has 0 radical (unpaired) electrons. The minimum absolute atomic E-state index is 0.0261. The fraction of sp³-hybridized carbons (Fsp3) is 0.250. The number of aromatic nitrogens is 3. The zero-order chi connectivity index (χ0) is 11.7. The number of ketones is 1. The molecule has 0 aliphatic rings. The van der Waals surface area contributed by atoms with E-state index >= 15 is 0 Å². The molecule has 0 spiro atoms. The monoisotopic (exact) mass is 215 g/mol. The SMILES string of the molecule is Cc1cncc(C(=O)c2cnn(C)c2C)c1. The highest BCUT2D eigenvalue weighted by molar-refractivity contribution is 6.09. The smallest absolute Gasteiger partial charge is 0.198 e. The summed E-state index contributed by atoms with van der Waals surface area (Å²) in [6.07, 6.45) is 4.91. The third kappa shape index (κ3) is 1.74. The fourth-order valence-corrected chi connectivity index (χ4v) is 1.56. The summed E-state index contributed by atoms with van der Waals surface area (Å²) in [6, 6.07) is 1.84. The zero-order valence-electron chi connectivity index (χ0n) is 9.56. The van der Waals surface area contributed by atoms with E-state index in [1.165, 1.54) is 0 Å². The molecule has 2 aromatic heterocycles. The van der Waals surface area contributed by atoms with Crippen molar-refractivity contribution in [1.82, 2.24) is 14.8 Å². The first kappa shape index (κ1) is 10.5. The lowest BCUT2D eigenvalue weighted by molar-refractivity contribution is 0.103. The van der Waals surface area contributed by atoms with Crippen LogP contribution in [0.2, 0.25) is 0 Å². The molecule has 4 heteroatoms. The Morgan fingerprint density at radius 1 is 1.25 bits per heavy atom. The van der Waals surface area contributed by atoms with Crippen LogP contribution in [0, 0.1) is 13.8 Å². The molecule has 82 valence electrons. The third-order valence-electron chi connectivity index (χ3n) is 2.62. The van der Waals surface area contributed by atoms with E-state index in [2.05, 4.69) is 10.1 Å². The van der Waals surface area contributed by atoms with Gasteiger partial charge in [0.2, 0.25) is 0 Å². The molecular weight excluding hydrogens is 202 g/mol. The van der Waals surface area contributed by atoms with Gasteiger partial charge in [-0.05, 0) is 25.5 Å². The summed E-state index contributed by atoms with van der Waals surface area (Å²) in [6.45, 7) is 3.79. The van der Waals surface area contributed by atoms with Crippen molar-refractivity contribution in [1.29, 1.82) is 0 Å². The highest BCUT2D eigenvalue weighted by atomic mass is 16.1. The number of carbonyl (C=O) groups excluding carboxylic acids is 1. The Balaban J connectivity index is 2.43. The lowest BCUT2D eigenvalue weighted by Crippen LogP contribution is -2.04. The predicted molar refractivity (Wildman–Crippen MR) is 60.4 cm³/mol. The molecule has 0 atom stereocenters. The van der Waals surface area contributed by atoms with Crippen molar-refractivity contribution in [3.05, 3.63) is 47.0 Å². The average Bonchev–Trinajstić information content (AvgIpc) is 2.59. The van der Waals surface area contributed by atoms with E-state index in [0.717, 1.165) is 11.3 Å². The van der Waals surface area contributed by atoms with Crippen LogP contribution in [-0.4, -0.2) is 20.5 Å². The number of pyridine rings is 1. The number of nitrogens with zero attached hydrogens (tertiary/aromatic N) is 3. The van der Waals surface area contributed by atoms with Crippen LogP contribution < -0.4 is 0 Å². The van der Waals surface area contributed by atoms with E-state index in [0.29, 0.717) is 11.1 Å². The van der Waals surface area contributed by atoms with Gasteiger partial charge in [-0.25, -0.2) is 0 Å². The molecule has 0 aliphatic carbocycles. The van der Waals surface area contributed by atoms with Crippen LogP contribution in [0.5, 0.6) is 0 Å². The van der Waals surface area contributed by atoms with E-state index in [1.54, 1.807) is 23.3 Å². The summed E-state index contributed by atoms with van der Waals surface area (Å²) in [7, 11) is 1.82. The van der Waals surface area contributed by atoms with Gasteiger partial charge in [-0.2, -0.15) is 5.10 Å². The topological polar surface area (TPSA) is 47.8 Å². The highest BCUT2D eigenvalue weighted by Crippen LogP contribution is 2.13. The predicted octanol–water partition coefficient (Wildman–Crippen LogP) is 1.66. The van der Waals surface area contributed by atoms with Crippen LogP contribution >= 0.6 is 0 Å². The van der Waals surface area contributed by atoms with Gasteiger partial charge in [0.15, 0.2) is 5.78 Å². The molecule has 0 bridgehead atoms. The van der Waals surface area contributed by atoms with E-state index in [9.17, 15) is 4.79 Å². The summed E-state index contributed by atoms with van der Waals surface area (Å²) in [5.41, 5.74) is 3.09. The Labute approximate surface area is 93.9 Å². The molecule has 0 N–H and O–H groups in total. The van der Waals surface area contributed by atoms with Gasteiger partial charge in [0.1, 0.15) is 0 Å². The summed E-state index contributed by atoms with van der Waals surface area (Å²) in [4.78, 5) is 16.2. The van der Waals surface area contributed by atoms with Gasteiger partial charge in [-0.15, -0.1) is 0 Å². The van der Waals surface area contributed by atoms with Crippen molar-refractivity contribution in [3.63, 3.8) is 0 Å². The van der Waals surface area contributed by atoms with Crippen molar-refractivity contribution < 1.29 is 4.79 Å². The van der Waals surface area contributed by atoms with Crippen LogP contribution in [-0.2, 0) is 7.05 Å². The standard InChI is InChI=1S/C12H13N3O/c1-8-4-10(6-13-5-8)12(16)11-7-14-15(3)9(11)2/h4-7H,1-3H3. The average molecular weight is 215 g/mol. The second-order valence-electron chi connectivity index (χ2n) is 3.85. The van der Waals surface area contributed by atoms with Gasteiger partial charge in [-0.1, -0.05) is 0 Å². The number of hydrogen-bond acceptors (Lipinski definition) is 3. The van der Waals surface area contributed by atoms with Gasteiger partial charge >= 0.3 is 0 Å². The van der Waals surface area contributed by atoms with Crippen LogP contribution in [0.3, 0.4) is 0 Å². The summed E-state index contributed by atoms with van der Waals surface area (Å²) >= 11 is 0. The van der Waals surface area contributed by atoms with Crippen LogP contribution in [0.25, 0.3) is 0 Å². The first-order chi connectivity index (χ1) is 7.59. The Hall–Kier alpha value is -1.97. The second-order valence-corrected chi connectivity index (χ2v) is 3.85. The summed E-state index contributed by atoms with van der Waals surface area (Å²) < 4.78 is 1.69. The van der Waals surface area contributed by atoms with Gasteiger partial charge in [0.25, 0.3) is 0 Å². The number of aryl methyl sites for hydroxylation is 2. The molecule has 0 saturated carbocycles. The Kier molecular flexibility index (Phi) is 2.56. The Morgan fingerprint density at radius 3 is 2.56 bits per heavy atom. The lowest BCUT2D eigenvalue weighted by Gasteiger charge is -2.01. The molecule has 2 heterocycles. The van der Waals surface area contributed by atoms with Crippen molar-refractivity contribution in [2.24, 2.45) is 7.05 Å². The molecule has 0 aliphatic heterocycles. The number of carbonyl (C=O) groups is 1. The maximum absolute atomic E-state index is 12.1. The minimum Gasteiger partial charge on any atom is -0.288 e. The van der Waals surface area contributed by atoms with Crippen molar-refractivity contribution in [3.8, 4) is 0 Å². The maximum Gasteiger partial charge on any atom is 0.198 e. The van der Waals surface area contributed by atoms with E-state index in [4.69, 9.17) is 0 Å². The van der Waals surface area contributed by atoms with Crippen LogP contribution in [0.4, 0.5) is 0 Å². The first-order valence-electron chi connectivity index (χ1n) is 5.04. The number of hydrogen-bond donors (Lipinski definition) is 0. The van der Waals surface area contributed by atoms with Crippen molar-refractivity contribution >= 4 is 5.78 Å². The molecule has 0 amide bonds. The molecular formula is C12H13N3O. The normalized spacial score (nSPS) is 10.4. The molecule has 0 saturated heterocycles. The summed E-state index contributed by atoms with van der Waals surface area (Å²) in [5, 5.41) is 4.06. The largest absolute Gasteiger partial charge is 0.288 e. The molecule has 0 unspecified atom stereocenters. The molecule has 4 nitrogen and oxygen atoms in total. The van der Waals surface area contributed by atoms with Crippen molar-refractivity contribution in [2.45, 2.75) is 13.8 Å². The quantitative estimate of drug-likeness (QED) is 0.716. The number of rotatable bonds is 2. The highest BCUT2D eigenvalue weighted by Gasteiger charge is 2.15. The molecule has 0 fully saturated rings. The Morgan fingerprint density at radius 2 is 2.00 bits per heavy atom. The van der Waals surface area contributed by atoms with Gasteiger partial charge in [0, 0.05) is 30.7 Å². The Bertz CT molecular complexity index is 543. The molecule has 0 aromatic carbocycles. The van der Waals surface area contributed by atoms with Gasteiger partial charge in [0.05, 0.1) is 11.8 Å². The van der Waals surface area contributed by atoms with E-state index in [-0.39, 0.29) is 5.78 Å². The molecule has 2 rings (SSSR count). The van der Waals surface area contributed by atoms with E-state index in [1.807, 2.05) is 27.0 Å². The second kappa shape index (κ2) is 3.89.